The van der Waals surface area contributed by atoms with Crippen LogP contribution in [-0.4, -0.2) is 25.0 Å². The van der Waals surface area contributed by atoms with E-state index < -0.39 is 0 Å². The third-order valence-electron chi connectivity index (χ3n) is 3.03. The van der Waals surface area contributed by atoms with Gasteiger partial charge in [-0.25, -0.2) is 9.67 Å². The van der Waals surface area contributed by atoms with Crippen molar-refractivity contribution in [3.8, 4) is 5.69 Å². The summed E-state index contributed by atoms with van der Waals surface area (Å²) in [7, 11) is 0. The highest BCUT2D eigenvalue weighted by Gasteiger charge is 2.07. The summed E-state index contributed by atoms with van der Waals surface area (Å²) in [6.45, 7) is 2.64. The molecule has 3 rings (SSSR count). The van der Waals surface area contributed by atoms with Crippen LogP contribution in [0.4, 0.5) is 5.69 Å². The van der Waals surface area contributed by atoms with E-state index in [0.717, 1.165) is 22.6 Å². The van der Waals surface area contributed by atoms with Crippen LogP contribution in [0.5, 0.6) is 0 Å². The molecule has 102 valence electrons. The van der Waals surface area contributed by atoms with Gasteiger partial charge in [-0.05, 0) is 25.1 Å². The smallest absolute Gasteiger partial charge is 0.138 e. The van der Waals surface area contributed by atoms with Gasteiger partial charge >= 0.3 is 0 Å². The first kappa shape index (κ1) is 12.7. The van der Waals surface area contributed by atoms with Gasteiger partial charge in [-0.2, -0.15) is 10.2 Å². The second-order valence-corrected chi connectivity index (χ2v) is 4.81. The van der Waals surface area contributed by atoms with E-state index >= 15 is 0 Å². The average molecular weight is 289 g/mol. The largest absolute Gasteiger partial charge is 0.379 e. The molecule has 0 fully saturated rings. The molecule has 1 aromatic carbocycles. The van der Waals surface area contributed by atoms with E-state index in [1.54, 1.807) is 11.0 Å². The lowest BCUT2D eigenvalue weighted by Gasteiger charge is -2.12. The molecular formula is C13H13ClN6. The molecule has 3 aromatic rings. The maximum absolute atomic E-state index is 6.07. The first-order chi connectivity index (χ1) is 9.74. The molecule has 0 atom stereocenters. The molecule has 0 unspecified atom stereocenters. The van der Waals surface area contributed by atoms with Gasteiger partial charge in [0.25, 0.3) is 0 Å². The molecule has 0 amide bonds. The van der Waals surface area contributed by atoms with Crippen LogP contribution in [0.1, 0.15) is 11.3 Å². The van der Waals surface area contributed by atoms with Crippen molar-refractivity contribution in [2.24, 2.45) is 0 Å². The fourth-order valence-corrected chi connectivity index (χ4v) is 2.10. The lowest BCUT2D eigenvalue weighted by Crippen LogP contribution is -2.05. The molecule has 7 heteroatoms. The first-order valence-electron chi connectivity index (χ1n) is 6.11. The van der Waals surface area contributed by atoms with Gasteiger partial charge in [0.15, 0.2) is 0 Å². The number of hydrogen-bond acceptors (Lipinski definition) is 4. The molecule has 0 aliphatic heterocycles. The number of rotatable bonds is 4. The number of nitrogens with one attached hydrogen (secondary N) is 2. The lowest BCUT2D eigenvalue weighted by atomic mass is 10.2. The zero-order chi connectivity index (χ0) is 13.9. The van der Waals surface area contributed by atoms with E-state index in [1.165, 1.54) is 6.33 Å². The number of nitrogens with zero attached hydrogens (tertiary/aromatic N) is 4. The fourth-order valence-electron chi connectivity index (χ4n) is 1.93. The highest BCUT2D eigenvalue weighted by Crippen LogP contribution is 2.24. The number of aromatic amines is 1. The van der Waals surface area contributed by atoms with E-state index in [0.29, 0.717) is 11.6 Å². The SMILES string of the molecule is Cc1[nH]ncc1CNc1cc(Cl)ccc1-n1cncn1. The van der Waals surface area contributed by atoms with Crippen LogP contribution in [0, 0.1) is 6.92 Å². The summed E-state index contributed by atoms with van der Waals surface area (Å²) in [5, 5.41) is 15.1. The van der Waals surface area contributed by atoms with Crippen molar-refractivity contribution in [2.75, 3.05) is 5.32 Å². The molecule has 0 bridgehead atoms. The van der Waals surface area contributed by atoms with Gasteiger partial charge in [-0.15, -0.1) is 0 Å². The van der Waals surface area contributed by atoms with Crippen LogP contribution in [0.3, 0.4) is 0 Å². The summed E-state index contributed by atoms with van der Waals surface area (Å²) in [6.07, 6.45) is 4.96. The minimum atomic E-state index is 0.657. The summed E-state index contributed by atoms with van der Waals surface area (Å²) in [5.74, 6) is 0. The van der Waals surface area contributed by atoms with Gasteiger partial charge in [-0.1, -0.05) is 11.6 Å². The lowest BCUT2D eigenvalue weighted by molar-refractivity contribution is 0.877. The van der Waals surface area contributed by atoms with Gasteiger partial charge in [0.1, 0.15) is 12.7 Å². The van der Waals surface area contributed by atoms with E-state index in [1.807, 2.05) is 31.3 Å². The molecular weight excluding hydrogens is 276 g/mol. The molecule has 0 spiro atoms. The highest BCUT2D eigenvalue weighted by atomic mass is 35.5. The third kappa shape index (κ3) is 2.50. The van der Waals surface area contributed by atoms with Crippen LogP contribution in [-0.2, 0) is 6.54 Å². The average Bonchev–Trinajstić information content (AvgIpc) is 3.08. The van der Waals surface area contributed by atoms with Crippen LogP contribution >= 0.6 is 11.6 Å². The summed E-state index contributed by atoms with van der Waals surface area (Å²) in [6, 6.07) is 5.60. The predicted octanol–water partition coefficient (Wildman–Crippen LogP) is 2.56. The Balaban J connectivity index is 1.88. The number of aryl methyl sites for hydroxylation is 1. The molecule has 0 saturated heterocycles. The predicted molar refractivity (Wildman–Crippen MR) is 77.0 cm³/mol. The standard InChI is InChI=1S/C13H13ClN6/c1-9-10(6-17-19-9)5-16-12-4-11(14)2-3-13(12)20-8-15-7-18-20/h2-4,6-8,16H,5H2,1H3,(H,17,19). The third-order valence-corrected chi connectivity index (χ3v) is 3.26. The maximum atomic E-state index is 6.07. The zero-order valence-electron chi connectivity index (χ0n) is 10.8. The second kappa shape index (κ2) is 5.34. The zero-order valence-corrected chi connectivity index (χ0v) is 11.6. The number of halogens is 1. The minimum Gasteiger partial charge on any atom is -0.379 e. The number of H-pyrrole nitrogens is 1. The van der Waals surface area contributed by atoms with Gasteiger partial charge < -0.3 is 5.32 Å². The number of hydrogen-bond donors (Lipinski definition) is 2. The van der Waals surface area contributed by atoms with Crippen molar-refractivity contribution >= 4 is 17.3 Å². The quantitative estimate of drug-likeness (QED) is 0.774. The molecule has 6 nitrogen and oxygen atoms in total. The minimum absolute atomic E-state index is 0.657. The Morgan fingerprint density at radius 1 is 1.40 bits per heavy atom. The van der Waals surface area contributed by atoms with Gasteiger partial charge in [0.2, 0.25) is 0 Å². The van der Waals surface area contributed by atoms with E-state index in [4.69, 9.17) is 11.6 Å². The Kier molecular flexibility index (Phi) is 3.39. The van der Waals surface area contributed by atoms with Gasteiger partial charge in [0.05, 0.1) is 17.6 Å². The molecule has 0 aliphatic carbocycles. The second-order valence-electron chi connectivity index (χ2n) is 4.38. The monoisotopic (exact) mass is 288 g/mol. The highest BCUT2D eigenvalue weighted by molar-refractivity contribution is 6.31. The molecule has 20 heavy (non-hydrogen) atoms. The van der Waals surface area contributed by atoms with Crippen molar-refractivity contribution in [2.45, 2.75) is 13.5 Å². The molecule has 2 heterocycles. The van der Waals surface area contributed by atoms with E-state index in [-0.39, 0.29) is 0 Å². The van der Waals surface area contributed by atoms with Crippen LogP contribution in [0.2, 0.25) is 5.02 Å². The van der Waals surface area contributed by atoms with Crippen molar-refractivity contribution in [3.05, 3.63) is 53.3 Å². The number of aromatic nitrogens is 5. The Bertz CT molecular complexity index is 703. The van der Waals surface area contributed by atoms with Gasteiger partial charge in [-0.3, -0.25) is 5.10 Å². The molecule has 0 saturated carbocycles. The maximum Gasteiger partial charge on any atom is 0.138 e. The van der Waals surface area contributed by atoms with Gasteiger partial charge in [0, 0.05) is 22.8 Å². The molecule has 0 aliphatic rings. The molecule has 2 N–H and O–H groups in total. The van der Waals surface area contributed by atoms with Crippen LogP contribution in [0.15, 0.2) is 37.1 Å². The van der Waals surface area contributed by atoms with Crippen molar-refractivity contribution in [1.82, 2.24) is 25.0 Å². The topological polar surface area (TPSA) is 71.4 Å². The Morgan fingerprint density at radius 3 is 3.00 bits per heavy atom. The Hall–Kier alpha value is -2.34. The van der Waals surface area contributed by atoms with Crippen molar-refractivity contribution < 1.29 is 0 Å². The molecule has 2 aromatic heterocycles. The summed E-state index contributed by atoms with van der Waals surface area (Å²) >= 11 is 6.07. The normalized spacial score (nSPS) is 10.7. The Morgan fingerprint density at radius 2 is 2.30 bits per heavy atom. The summed E-state index contributed by atoms with van der Waals surface area (Å²) < 4.78 is 1.70. The van der Waals surface area contributed by atoms with Crippen molar-refractivity contribution in [1.29, 1.82) is 0 Å². The van der Waals surface area contributed by atoms with Crippen LogP contribution < -0.4 is 5.32 Å². The van der Waals surface area contributed by atoms with E-state index in [2.05, 4.69) is 25.6 Å². The summed E-state index contributed by atoms with van der Waals surface area (Å²) in [5.41, 5.74) is 3.94. The fraction of sp³-hybridized carbons (Fsp3) is 0.154. The van der Waals surface area contributed by atoms with Crippen LogP contribution in [0.25, 0.3) is 5.69 Å². The first-order valence-corrected chi connectivity index (χ1v) is 6.49. The molecule has 0 radical (unpaired) electrons. The number of anilines is 1. The van der Waals surface area contributed by atoms with E-state index in [9.17, 15) is 0 Å². The number of benzene rings is 1. The van der Waals surface area contributed by atoms with Crippen molar-refractivity contribution in [3.63, 3.8) is 0 Å². The Labute approximate surface area is 120 Å². The summed E-state index contributed by atoms with van der Waals surface area (Å²) in [4.78, 5) is 3.96.